The van der Waals surface area contributed by atoms with Crippen molar-refractivity contribution in [2.45, 2.75) is 31.8 Å². The number of amides is 1. The molecular weight excluding hydrogens is 436 g/mol. The van der Waals surface area contributed by atoms with Gasteiger partial charge in [0.1, 0.15) is 5.75 Å². The Balaban J connectivity index is 1.82. The fraction of sp³-hybridized carbons (Fsp3) is 0.269. The second-order valence-electron chi connectivity index (χ2n) is 8.17. The molecule has 1 amide bonds. The molecule has 0 atom stereocenters. The second kappa shape index (κ2) is 10.6. The summed E-state index contributed by atoms with van der Waals surface area (Å²) in [5, 5.41) is 0. The molecule has 0 aliphatic heterocycles. The van der Waals surface area contributed by atoms with Gasteiger partial charge in [0, 0.05) is 20.1 Å². The van der Waals surface area contributed by atoms with E-state index in [9.17, 15) is 13.2 Å². The van der Waals surface area contributed by atoms with Crippen molar-refractivity contribution in [3.05, 3.63) is 95.1 Å². The molecule has 6 nitrogen and oxygen atoms in total. The molecule has 0 bridgehead atoms. The summed E-state index contributed by atoms with van der Waals surface area (Å²) in [6, 6.07) is 21.8. The molecule has 0 saturated heterocycles. The van der Waals surface area contributed by atoms with Crippen molar-refractivity contribution in [1.82, 2.24) is 9.21 Å². The van der Waals surface area contributed by atoms with Gasteiger partial charge in [-0.15, -0.1) is 0 Å². The van der Waals surface area contributed by atoms with E-state index >= 15 is 0 Å². The normalized spacial score (nSPS) is 11.4. The Labute approximate surface area is 196 Å². The maximum absolute atomic E-state index is 13.4. The Kier molecular flexibility index (Phi) is 7.89. The summed E-state index contributed by atoms with van der Waals surface area (Å²) < 4.78 is 33.3. The number of benzene rings is 3. The largest absolute Gasteiger partial charge is 0.497 e. The van der Waals surface area contributed by atoms with Crippen LogP contribution in [0.15, 0.2) is 77.7 Å². The first-order chi connectivity index (χ1) is 15.7. The summed E-state index contributed by atoms with van der Waals surface area (Å²) >= 11 is 0. The van der Waals surface area contributed by atoms with Crippen LogP contribution in [0, 0.1) is 13.8 Å². The van der Waals surface area contributed by atoms with Crippen LogP contribution in [-0.4, -0.2) is 44.2 Å². The second-order valence-corrected chi connectivity index (χ2v) is 10.1. The third-order valence-corrected chi connectivity index (χ3v) is 7.26. The lowest BCUT2D eigenvalue weighted by atomic mass is 10.1. The summed E-state index contributed by atoms with van der Waals surface area (Å²) in [6.07, 6.45) is 0. The van der Waals surface area contributed by atoms with E-state index in [-0.39, 0.29) is 23.9 Å². The average molecular weight is 467 g/mol. The van der Waals surface area contributed by atoms with Crippen molar-refractivity contribution in [3.8, 4) is 5.75 Å². The minimum atomic E-state index is -3.87. The third-order valence-electron chi connectivity index (χ3n) is 5.45. The summed E-state index contributed by atoms with van der Waals surface area (Å²) in [5.41, 5.74) is 3.80. The van der Waals surface area contributed by atoms with E-state index in [1.165, 1.54) is 9.21 Å². The van der Waals surface area contributed by atoms with Gasteiger partial charge in [-0.1, -0.05) is 59.7 Å². The molecular formula is C26H30N2O4S. The highest BCUT2D eigenvalue weighted by Gasteiger charge is 2.28. The van der Waals surface area contributed by atoms with Crippen molar-refractivity contribution in [2.24, 2.45) is 0 Å². The van der Waals surface area contributed by atoms with Gasteiger partial charge in [0.05, 0.1) is 18.6 Å². The standard InChI is InChI=1S/C26H30N2O4S/c1-20-5-9-23(10-6-20)18-28(33(30,31)25-15-7-21(2)8-16-25)19-26(29)27(3)17-22-11-13-24(32-4)14-12-22/h5-16H,17-19H2,1-4H3. The Bertz CT molecular complexity index is 1170. The number of ether oxygens (including phenoxy) is 1. The quantitative estimate of drug-likeness (QED) is 0.475. The molecule has 0 heterocycles. The average Bonchev–Trinajstić information content (AvgIpc) is 2.80. The lowest BCUT2D eigenvalue weighted by Gasteiger charge is -2.25. The van der Waals surface area contributed by atoms with E-state index in [1.54, 1.807) is 38.4 Å². The highest BCUT2D eigenvalue weighted by atomic mass is 32.2. The first-order valence-corrected chi connectivity index (χ1v) is 12.1. The van der Waals surface area contributed by atoms with Crippen LogP contribution in [-0.2, 0) is 27.9 Å². The molecule has 0 spiro atoms. The highest BCUT2D eigenvalue weighted by molar-refractivity contribution is 7.89. The van der Waals surface area contributed by atoms with Gasteiger partial charge >= 0.3 is 0 Å². The number of sulfonamides is 1. The zero-order valence-electron chi connectivity index (χ0n) is 19.5. The Morgan fingerprint density at radius 3 is 1.82 bits per heavy atom. The smallest absolute Gasteiger partial charge is 0.243 e. The Hall–Kier alpha value is -3.16. The molecule has 0 N–H and O–H groups in total. The van der Waals surface area contributed by atoms with E-state index < -0.39 is 10.0 Å². The van der Waals surface area contributed by atoms with Crippen LogP contribution in [0.3, 0.4) is 0 Å². The maximum Gasteiger partial charge on any atom is 0.243 e. The molecule has 3 aromatic carbocycles. The van der Waals surface area contributed by atoms with Gasteiger partial charge in [-0.3, -0.25) is 4.79 Å². The topological polar surface area (TPSA) is 66.9 Å². The Morgan fingerprint density at radius 1 is 0.788 bits per heavy atom. The summed E-state index contributed by atoms with van der Waals surface area (Å²) in [7, 11) is -0.593. The van der Waals surface area contributed by atoms with E-state index in [0.717, 1.165) is 28.0 Å². The molecule has 0 aromatic heterocycles. The molecule has 3 rings (SSSR count). The fourth-order valence-corrected chi connectivity index (χ4v) is 4.72. The van der Waals surface area contributed by atoms with Gasteiger partial charge in [0.2, 0.25) is 15.9 Å². The molecule has 3 aromatic rings. The number of carbonyl (C=O) groups is 1. The number of hydrogen-bond donors (Lipinski definition) is 0. The molecule has 0 radical (unpaired) electrons. The maximum atomic E-state index is 13.4. The lowest BCUT2D eigenvalue weighted by Crippen LogP contribution is -2.40. The number of rotatable bonds is 9. The predicted molar refractivity (Wildman–Crippen MR) is 129 cm³/mol. The minimum absolute atomic E-state index is 0.110. The monoisotopic (exact) mass is 466 g/mol. The summed E-state index contributed by atoms with van der Waals surface area (Å²) in [4.78, 5) is 14.8. The van der Waals surface area contributed by atoms with Crippen LogP contribution < -0.4 is 4.74 Å². The number of carbonyl (C=O) groups excluding carboxylic acids is 1. The molecule has 0 unspecified atom stereocenters. The minimum Gasteiger partial charge on any atom is -0.497 e. The van der Waals surface area contributed by atoms with Crippen LogP contribution in [0.2, 0.25) is 0 Å². The van der Waals surface area contributed by atoms with Gasteiger partial charge in [0.15, 0.2) is 0 Å². The molecule has 0 fully saturated rings. The SMILES string of the molecule is COc1ccc(CN(C)C(=O)CN(Cc2ccc(C)cc2)S(=O)(=O)c2ccc(C)cc2)cc1. The number of nitrogens with zero attached hydrogens (tertiary/aromatic N) is 2. The molecule has 7 heteroatoms. The van der Waals surface area contributed by atoms with Crippen LogP contribution in [0.5, 0.6) is 5.75 Å². The van der Waals surface area contributed by atoms with Gasteiger partial charge in [-0.2, -0.15) is 4.31 Å². The van der Waals surface area contributed by atoms with Crippen molar-refractivity contribution in [2.75, 3.05) is 20.7 Å². The Morgan fingerprint density at radius 2 is 1.27 bits per heavy atom. The van der Waals surface area contributed by atoms with Crippen molar-refractivity contribution in [3.63, 3.8) is 0 Å². The molecule has 0 aliphatic carbocycles. The predicted octanol–water partition coefficient (Wildman–Crippen LogP) is 4.16. The molecule has 0 aliphatic rings. The van der Waals surface area contributed by atoms with Gasteiger partial charge < -0.3 is 9.64 Å². The van der Waals surface area contributed by atoms with E-state index in [1.807, 2.05) is 62.4 Å². The third kappa shape index (κ3) is 6.43. The highest BCUT2D eigenvalue weighted by Crippen LogP contribution is 2.20. The molecule has 33 heavy (non-hydrogen) atoms. The zero-order valence-corrected chi connectivity index (χ0v) is 20.3. The lowest BCUT2D eigenvalue weighted by molar-refractivity contribution is -0.130. The van der Waals surface area contributed by atoms with Crippen LogP contribution in [0.4, 0.5) is 0 Å². The van der Waals surface area contributed by atoms with E-state index in [4.69, 9.17) is 4.74 Å². The molecule has 174 valence electrons. The number of methoxy groups -OCH3 is 1. The van der Waals surface area contributed by atoms with Crippen molar-refractivity contribution >= 4 is 15.9 Å². The summed E-state index contributed by atoms with van der Waals surface area (Å²) in [5.74, 6) is 0.454. The van der Waals surface area contributed by atoms with Gasteiger partial charge in [-0.25, -0.2) is 8.42 Å². The van der Waals surface area contributed by atoms with E-state index in [2.05, 4.69) is 0 Å². The van der Waals surface area contributed by atoms with Gasteiger partial charge in [0.25, 0.3) is 0 Å². The van der Waals surface area contributed by atoms with Crippen molar-refractivity contribution < 1.29 is 17.9 Å². The van der Waals surface area contributed by atoms with Crippen molar-refractivity contribution in [1.29, 1.82) is 0 Å². The summed E-state index contributed by atoms with van der Waals surface area (Å²) in [6.45, 7) is 4.10. The van der Waals surface area contributed by atoms with E-state index in [0.29, 0.717) is 6.54 Å². The first kappa shape index (κ1) is 24.5. The molecule has 0 saturated carbocycles. The zero-order chi connectivity index (χ0) is 24.0. The number of likely N-dealkylation sites (N-methyl/N-ethyl adjacent to an activating group) is 1. The fourth-order valence-electron chi connectivity index (χ4n) is 3.35. The number of hydrogen-bond acceptors (Lipinski definition) is 4. The van der Waals surface area contributed by atoms with Crippen LogP contribution >= 0.6 is 0 Å². The van der Waals surface area contributed by atoms with Crippen LogP contribution in [0.1, 0.15) is 22.3 Å². The van der Waals surface area contributed by atoms with Gasteiger partial charge in [-0.05, 0) is 49.2 Å². The first-order valence-electron chi connectivity index (χ1n) is 10.7. The van der Waals surface area contributed by atoms with Crippen LogP contribution in [0.25, 0.3) is 0 Å². The number of aryl methyl sites for hydroxylation is 2.